The van der Waals surface area contributed by atoms with Crippen LogP contribution in [0.3, 0.4) is 0 Å². The van der Waals surface area contributed by atoms with E-state index in [1.807, 2.05) is 67.1 Å². The monoisotopic (exact) mass is 529 g/mol. The number of hydrogen-bond donors (Lipinski definition) is 1. The number of aryl methyl sites for hydroxylation is 2. The van der Waals surface area contributed by atoms with Crippen LogP contribution in [-0.4, -0.2) is 30.8 Å². The van der Waals surface area contributed by atoms with Gasteiger partial charge in [0.25, 0.3) is 10.1 Å². The van der Waals surface area contributed by atoms with E-state index < -0.39 is 34.7 Å². The molecule has 2 atom stereocenters. The molecule has 0 unspecified atom stereocenters. The number of hydrogen-bond acceptors (Lipinski definition) is 4. The molecule has 0 aliphatic heterocycles. The minimum atomic E-state index is -4.11. The number of aliphatic hydroxyl groups is 1. The summed E-state index contributed by atoms with van der Waals surface area (Å²) < 4.78 is 47.2. The standard InChI is InChI=1S/C31H28FNO4S/c1-21-13-15-26(16-14-21)38(35,36)37-20-30(34)31(24-9-6-10-25(32)18-24)33-19-28(23-8-5-7-22(2)17-23)27-11-3-4-12-29(27)33/h3-19,30-31,34H,20H2,1-2H3/t30-,31+/m1/s1. The summed E-state index contributed by atoms with van der Waals surface area (Å²) in [6, 6.07) is 27.3. The van der Waals surface area contributed by atoms with Crippen LogP contribution < -0.4 is 0 Å². The maximum Gasteiger partial charge on any atom is 0.297 e. The van der Waals surface area contributed by atoms with Crippen LogP contribution >= 0.6 is 0 Å². The van der Waals surface area contributed by atoms with E-state index in [1.54, 1.807) is 24.3 Å². The molecule has 0 bridgehead atoms. The molecular weight excluding hydrogens is 501 g/mol. The lowest BCUT2D eigenvalue weighted by Gasteiger charge is -2.26. The normalized spacial score (nSPS) is 13.5. The third kappa shape index (κ3) is 5.27. The highest BCUT2D eigenvalue weighted by molar-refractivity contribution is 7.86. The van der Waals surface area contributed by atoms with Crippen molar-refractivity contribution in [3.63, 3.8) is 0 Å². The minimum Gasteiger partial charge on any atom is -0.388 e. The molecule has 38 heavy (non-hydrogen) atoms. The highest BCUT2D eigenvalue weighted by atomic mass is 32.2. The molecule has 5 aromatic rings. The molecule has 5 rings (SSSR count). The van der Waals surface area contributed by atoms with Crippen molar-refractivity contribution in [2.75, 3.05) is 6.61 Å². The van der Waals surface area contributed by atoms with Crippen molar-refractivity contribution in [1.82, 2.24) is 4.57 Å². The first kappa shape index (κ1) is 25.9. The first-order chi connectivity index (χ1) is 18.2. The topological polar surface area (TPSA) is 68.5 Å². The average Bonchev–Trinajstić information content (AvgIpc) is 3.27. The number of rotatable bonds is 8. The molecular formula is C31H28FNO4S. The van der Waals surface area contributed by atoms with Crippen LogP contribution in [0.25, 0.3) is 22.0 Å². The lowest BCUT2D eigenvalue weighted by molar-refractivity contribution is 0.0784. The highest BCUT2D eigenvalue weighted by Crippen LogP contribution is 2.36. The Hall–Kier alpha value is -3.78. The first-order valence-corrected chi connectivity index (χ1v) is 13.7. The molecule has 4 aromatic carbocycles. The summed E-state index contributed by atoms with van der Waals surface area (Å²) in [7, 11) is -4.11. The molecule has 0 radical (unpaired) electrons. The van der Waals surface area contributed by atoms with Gasteiger partial charge in [-0.15, -0.1) is 0 Å². The molecule has 0 amide bonds. The lowest BCUT2D eigenvalue weighted by Crippen LogP contribution is -2.30. The third-order valence-corrected chi connectivity index (χ3v) is 7.92. The fourth-order valence-corrected chi connectivity index (χ4v) is 5.68. The van der Waals surface area contributed by atoms with Gasteiger partial charge in [0.2, 0.25) is 0 Å². The van der Waals surface area contributed by atoms with Crippen LogP contribution in [0, 0.1) is 19.7 Å². The number of para-hydroxylation sites is 1. The van der Waals surface area contributed by atoms with E-state index in [9.17, 15) is 17.9 Å². The van der Waals surface area contributed by atoms with Crippen LogP contribution in [0.4, 0.5) is 4.39 Å². The largest absolute Gasteiger partial charge is 0.388 e. The quantitative estimate of drug-likeness (QED) is 0.236. The molecule has 0 fully saturated rings. The van der Waals surface area contributed by atoms with Gasteiger partial charge in [0.05, 0.1) is 17.5 Å². The molecule has 7 heteroatoms. The smallest absolute Gasteiger partial charge is 0.297 e. The fraction of sp³-hybridized carbons (Fsp3) is 0.161. The van der Waals surface area contributed by atoms with Crippen molar-refractivity contribution in [2.24, 2.45) is 0 Å². The van der Waals surface area contributed by atoms with E-state index in [4.69, 9.17) is 4.18 Å². The zero-order chi connectivity index (χ0) is 26.9. The number of halogens is 1. The van der Waals surface area contributed by atoms with E-state index in [-0.39, 0.29) is 4.90 Å². The second-order valence-corrected chi connectivity index (χ2v) is 11.1. The molecule has 194 valence electrons. The molecule has 0 saturated heterocycles. The fourth-order valence-electron chi connectivity index (χ4n) is 4.76. The van der Waals surface area contributed by atoms with Crippen LogP contribution in [-0.2, 0) is 14.3 Å². The summed E-state index contributed by atoms with van der Waals surface area (Å²) >= 11 is 0. The molecule has 1 aromatic heterocycles. The lowest BCUT2D eigenvalue weighted by atomic mass is 10.0. The third-order valence-electron chi connectivity index (χ3n) is 6.63. The number of fused-ring (bicyclic) bond motifs is 1. The van der Waals surface area contributed by atoms with E-state index in [0.717, 1.165) is 33.2 Å². The van der Waals surface area contributed by atoms with Crippen LogP contribution in [0.15, 0.2) is 108 Å². The van der Waals surface area contributed by atoms with Gasteiger partial charge in [-0.1, -0.05) is 77.9 Å². The summed E-state index contributed by atoms with van der Waals surface area (Å²) in [4.78, 5) is 0.00533. The summed E-state index contributed by atoms with van der Waals surface area (Å²) in [5, 5.41) is 12.4. The van der Waals surface area contributed by atoms with Crippen molar-refractivity contribution in [2.45, 2.75) is 30.9 Å². The van der Waals surface area contributed by atoms with Gasteiger partial charge in [-0.05, 0) is 55.3 Å². The second-order valence-electron chi connectivity index (χ2n) is 9.46. The van der Waals surface area contributed by atoms with Crippen molar-refractivity contribution in [1.29, 1.82) is 0 Å². The SMILES string of the molecule is Cc1ccc(S(=O)(=O)OC[C@@H](O)[C@H](c2cccc(F)c2)n2cc(-c3cccc(C)c3)c3ccccc32)cc1. The van der Waals surface area contributed by atoms with E-state index in [0.29, 0.717) is 5.56 Å². The van der Waals surface area contributed by atoms with Gasteiger partial charge in [0.15, 0.2) is 0 Å². The van der Waals surface area contributed by atoms with Crippen molar-refractivity contribution < 1.29 is 22.1 Å². The molecule has 5 nitrogen and oxygen atoms in total. The van der Waals surface area contributed by atoms with Gasteiger partial charge in [-0.2, -0.15) is 8.42 Å². The molecule has 0 aliphatic rings. The Labute approximate surface area is 221 Å². The number of aliphatic hydroxyl groups excluding tert-OH is 1. The summed E-state index contributed by atoms with van der Waals surface area (Å²) in [6.45, 7) is 3.37. The maximum atomic E-state index is 14.3. The Bertz CT molecular complexity index is 1690. The average molecular weight is 530 g/mol. The first-order valence-electron chi connectivity index (χ1n) is 12.3. The number of aromatic nitrogens is 1. The van der Waals surface area contributed by atoms with Gasteiger partial charge >= 0.3 is 0 Å². The summed E-state index contributed by atoms with van der Waals surface area (Å²) in [5.74, 6) is -0.455. The summed E-state index contributed by atoms with van der Waals surface area (Å²) in [5.41, 5.74) is 5.29. The molecule has 0 aliphatic carbocycles. The molecule has 0 spiro atoms. The minimum absolute atomic E-state index is 0.00533. The maximum absolute atomic E-state index is 14.3. The van der Waals surface area contributed by atoms with Gasteiger partial charge in [0.1, 0.15) is 11.9 Å². The highest BCUT2D eigenvalue weighted by Gasteiger charge is 2.28. The second kappa shape index (κ2) is 10.5. The molecule has 1 heterocycles. The van der Waals surface area contributed by atoms with Crippen molar-refractivity contribution >= 4 is 21.0 Å². The van der Waals surface area contributed by atoms with E-state index in [1.165, 1.54) is 24.3 Å². The zero-order valence-electron chi connectivity index (χ0n) is 21.1. The Morgan fingerprint density at radius 2 is 1.61 bits per heavy atom. The van der Waals surface area contributed by atoms with Crippen molar-refractivity contribution in [3.05, 3.63) is 126 Å². The van der Waals surface area contributed by atoms with E-state index >= 15 is 0 Å². The molecule has 0 saturated carbocycles. The van der Waals surface area contributed by atoms with Gasteiger partial charge < -0.3 is 9.67 Å². The Kier molecular flexibility index (Phi) is 7.17. The summed E-state index contributed by atoms with van der Waals surface area (Å²) in [6.07, 6.45) is 0.616. The number of nitrogens with zero attached hydrogens (tertiary/aromatic N) is 1. The van der Waals surface area contributed by atoms with Crippen LogP contribution in [0.5, 0.6) is 0 Å². The van der Waals surface area contributed by atoms with Gasteiger partial charge in [-0.3, -0.25) is 4.18 Å². The van der Waals surface area contributed by atoms with E-state index in [2.05, 4.69) is 6.07 Å². The van der Waals surface area contributed by atoms with Crippen LogP contribution in [0.2, 0.25) is 0 Å². The Morgan fingerprint density at radius 3 is 2.34 bits per heavy atom. The Balaban J connectivity index is 1.57. The zero-order valence-corrected chi connectivity index (χ0v) is 21.9. The van der Waals surface area contributed by atoms with Gasteiger partial charge in [-0.25, -0.2) is 4.39 Å². The van der Waals surface area contributed by atoms with Gasteiger partial charge in [0, 0.05) is 22.7 Å². The van der Waals surface area contributed by atoms with Crippen LogP contribution in [0.1, 0.15) is 22.7 Å². The predicted molar refractivity (Wildman–Crippen MR) is 147 cm³/mol. The molecule has 1 N–H and O–H groups in total. The number of benzene rings is 4. The van der Waals surface area contributed by atoms with Crippen molar-refractivity contribution in [3.8, 4) is 11.1 Å². The predicted octanol–water partition coefficient (Wildman–Crippen LogP) is 6.42. The Morgan fingerprint density at radius 1 is 0.868 bits per heavy atom.